The van der Waals surface area contributed by atoms with Crippen molar-refractivity contribution in [3.8, 4) is 6.07 Å². The van der Waals surface area contributed by atoms with Crippen molar-refractivity contribution in [2.24, 2.45) is 17.3 Å². The summed E-state index contributed by atoms with van der Waals surface area (Å²) in [4.78, 5) is 39.8. The van der Waals surface area contributed by atoms with E-state index in [1.54, 1.807) is 4.90 Å². The standard InChI is InChI=1S/C27H37N5O4S/c1-5-32-23(35)20(15-29-17-9-8-10-18(13-17)30-24(36)25(2,3)4)37-27(32)19(14-28)21(27)22(34)31-26(16-33)11-6-7-12-26/h8-10,13,19-21,29,33H,5-7,11-12,15-16H2,1-4H3,(H,30,36)(H,31,34)/t19?,20?,21-,27?/m1/s1. The number of carbonyl (C=O) groups excluding carboxylic acids is 3. The largest absolute Gasteiger partial charge is 0.394 e. The van der Waals surface area contributed by atoms with Crippen LogP contribution in [0.2, 0.25) is 0 Å². The number of benzene rings is 1. The summed E-state index contributed by atoms with van der Waals surface area (Å²) in [6.07, 6.45) is 3.33. The van der Waals surface area contributed by atoms with E-state index in [0.29, 0.717) is 18.8 Å². The Morgan fingerprint density at radius 1 is 1.24 bits per heavy atom. The van der Waals surface area contributed by atoms with Crippen molar-refractivity contribution in [1.29, 1.82) is 5.26 Å². The molecule has 0 aromatic heterocycles. The Morgan fingerprint density at radius 2 is 1.92 bits per heavy atom. The molecule has 4 N–H and O–H groups in total. The number of anilines is 2. The monoisotopic (exact) mass is 527 g/mol. The molecule has 2 aliphatic carbocycles. The van der Waals surface area contributed by atoms with Gasteiger partial charge in [-0.05, 0) is 38.0 Å². The molecular weight excluding hydrogens is 490 g/mol. The summed E-state index contributed by atoms with van der Waals surface area (Å²) < 4.78 is 0. The quantitative estimate of drug-likeness (QED) is 0.408. The summed E-state index contributed by atoms with van der Waals surface area (Å²) in [5.41, 5.74) is 0.277. The van der Waals surface area contributed by atoms with Gasteiger partial charge in [-0.15, -0.1) is 11.8 Å². The Balaban J connectivity index is 1.45. The van der Waals surface area contributed by atoms with E-state index in [1.807, 2.05) is 52.0 Å². The van der Waals surface area contributed by atoms with Crippen LogP contribution in [0.15, 0.2) is 24.3 Å². The number of hydrogen-bond donors (Lipinski definition) is 4. The van der Waals surface area contributed by atoms with Crippen molar-refractivity contribution in [3.05, 3.63) is 24.3 Å². The van der Waals surface area contributed by atoms with Crippen LogP contribution in [0.5, 0.6) is 0 Å². The van der Waals surface area contributed by atoms with Crippen molar-refractivity contribution >= 4 is 40.9 Å². The summed E-state index contributed by atoms with van der Waals surface area (Å²) in [7, 11) is 0. The minimum absolute atomic E-state index is 0.0899. The first-order chi connectivity index (χ1) is 17.5. The molecule has 3 amide bonds. The van der Waals surface area contributed by atoms with Crippen LogP contribution in [-0.2, 0) is 14.4 Å². The fourth-order valence-electron chi connectivity index (χ4n) is 5.51. The van der Waals surface area contributed by atoms with Crippen molar-refractivity contribution in [2.45, 2.75) is 69.0 Å². The lowest BCUT2D eigenvalue weighted by Crippen LogP contribution is -2.51. The smallest absolute Gasteiger partial charge is 0.238 e. The van der Waals surface area contributed by atoms with E-state index in [9.17, 15) is 24.8 Å². The predicted molar refractivity (Wildman–Crippen MR) is 144 cm³/mol. The molecule has 1 aromatic rings. The first-order valence-electron chi connectivity index (χ1n) is 13.0. The molecule has 2 saturated carbocycles. The third-order valence-corrected chi connectivity index (χ3v) is 9.45. The highest BCUT2D eigenvalue weighted by molar-refractivity contribution is 8.02. The Labute approximate surface area is 222 Å². The number of amides is 3. The van der Waals surface area contributed by atoms with E-state index in [1.165, 1.54) is 11.8 Å². The Hall–Kier alpha value is -2.77. The highest BCUT2D eigenvalue weighted by Crippen LogP contribution is 2.66. The third-order valence-electron chi connectivity index (χ3n) is 7.69. The predicted octanol–water partition coefficient (Wildman–Crippen LogP) is 2.93. The maximum absolute atomic E-state index is 13.4. The zero-order valence-corrected chi connectivity index (χ0v) is 22.8. The number of nitriles is 1. The zero-order chi connectivity index (χ0) is 27.0. The second-order valence-corrected chi connectivity index (χ2v) is 12.8. The van der Waals surface area contributed by atoms with Gasteiger partial charge in [-0.25, -0.2) is 0 Å². The molecule has 1 spiro atoms. The van der Waals surface area contributed by atoms with Gasteiger partial charge in [-0.3, -0.25) is 14.4 Å². The van der Waals surface area contributed by atoms with Gasteiger partial charge in [0.1, 0.15) is 10.1 Å². The van der Waals surface area contributed by atoms with Gasteiger partial charge in [-0.1, -0.05) is 39.7 Å². The molecule has 4 rings (SSSR count). The van der Waals surface area contributed by atoms with Crippen LogP contribution in [0.1, 0.15) is 53.4 Å². The molecule has 0 radical (unpaired) electrons. The van der Waals surface area contributed by atoms with E-state index in [2.05, 4.69) is 22.0 Å². The van der Waals surface area contributed by atoms with Crippen molar-refractivity contribution in [2.75, 3.05) is 30.3 Å². The molecule has 3 unspecified atom stereocenters. The number of aliphatic hydroxyl groups is 1. The number of aliphatic hydroxyl groups excluding tert-OH is 1. The van der Waals surface area contributed by atoms with Gasteiger partial charge in [0, 0.05) is 29.9 Å². The summed E-state index contributed by atoms with van der Waals surface area (Å²) in [6.45, 7) is 8.02. The van der Waals surface area contributed by atoms with Crippen LogP contribution < -0.4 is 16.0 Å². The van der Waals surface area contributed by atoms with Gasteiger partial charge < -0.3 is 26.0 Å². The molecule has 37 heavy (non-hydrogen) atoms. The summed E-state index contributed by atoms with van der Waals surface area (Å²) in [6, 6.07) is 9.61. The van der Waals surface area contributed by atoms with Gasteiger partial charge in [-0.2, -0.15) is 5.26 Å². The van der Waals surface area contributed by atoms with E-state index in [0.717, 1.165) is 31.4 Å². The van der Waals surface area contributed by atoms with Crippen LogP contribution in [0.3, 0.4) is 0 Å². The highest BCUT2D eigenvalue weighted by atomic mass is 32.2. The number of thioether (sulfide) groups is 1. The lowest BCUT2D eigenvalue weighted by molar-refractivity contribution is -0.131. The second kappa shape index (κ2) is 10.2. The molecule has 200 valence electrons. The van der Waals surface area contributed by atoms with Crippen LogP contribution in [0.4, 0.5) is 11.4 Å². The summed E-state index contributed by atoms with van der Waals surface area (Å²) in [5, 5.41) is 28.6. The molecule has 9 nitrogen and oxygen atoms in total. The molecule has 1 saturated heterocycles. The zero-order valence-electron chi connectivity index (χ0n) is 22.0. The summed E-state index contributed by atoms with van der Waals surface area (Å²) >= 11 is 1.39. The molecule has 3 aliphatic rings. The Kier molecular flexibility index (Phi) is 7.50. The van der Waals surface area contributed by atoms with Crippen LogP contribution in [-0.4, -0.2) is 63.1 Å². The number of hydrogen-bond acceptors (Lipinski definition) is 7. The Bertz CT molecular complexity index is 1110. The van der Waals surface area contributed by atoms with Crippen LogP contribution in [0.25, 0.3) is 0 Å². The van der Waals surface area contributed by atoms with Crippen molar-refractivity contribution in [1.82, 2.24) is 10.2 Å². The second-order valence-electron chi connectivity index (χ2n) is 11.3. The van der Waals surface area contributed by atoms with Gasteiger partial charge in [0.2, 0.25) is 17.7 Å². The minimum Gasteiger partial charge on any atom is -0.394 e. The van der Waals surface area contributed by atoms with E-state index >= 15 is 0 Å². The third kappa shape index (κ3) is 5.04. The van der Waals surface area contributed by atoms with E-state index in [-0.39, 0.29) is 24.3 Å². The minimum atomic E-state index is -0.880. The maximum Gasteiger partial charge on any atom is 0.238 e. The first kappa shape index (κ1) is 27.3. The van der Waals surface area contributed by atoms with Crippen molar-refractivity contribution in [3.63, 3.8) is 0 Å². The molecular formula is C27H37N5O4S. The van der Waals surface area contributed by atoms with Crippen LogP contribution >= 0.6 is 11.8 Å². The number of nitrogens with one attached hydrogen (secondary N) is 3. The van der Waals surface area contributed by atoms with Gasteiger partial charge in [0.15, 0.2) is 0 Å². The molecule has 4 atom stereocenters. The number of nitrogens with zero attached hydrogens (tertiary/aromatic N) is 2. The SMILES string of the molecule is CCN1C(=O)C(CNc2cccc(NC(=O)C(C)(C)C)c2)SC12C(C#N)[C@@H]2C(=O)NC1(CO)CCCC1. The van der Waals surface area contributed by atoms with Gasteiger partial charge in [0.25, 0.3) is 0 Å². The van der Waals surface area contributed by atoms with Crippen LogP contribution in [0, 0.1) is 28.6 Å². The fourth-order valence-corrected chi connectivity index (χ4v) is 7.36. The lowest BCUT2D eigenvalue weighted by Gasteiger charge is -2.29. The molecule has 3 fully saturated rings. The average Bonchev–Trinajstić information content (AvgIpc) is 3.10. The topological polar surface area (TPSA) is 135 Å². The summed E-state index contributed by atoms with van der Waals surface area (Å²) in [5.74, 6) is -1.66. The number of carbonyl (C=O) groups is 3. The highest BCUT2D eigenvalue weighted by Gasteiger charge is 2.77. The Morgan fingerprint density at radius 3 is 2.51 bits per heavy atom. The molecule has 1 aromatic carbocycles. The normalized spacial score (nSPS) is 28.2. The molecule has 10 heteroatoms. The van der Waals surface area contributed by atoms with Crippen molar-refractivity contribution < 1.29 is 19.5 Å². The maximum atomic E-state index is 13.4. The lowest BCUT2D eigenvalue weighted by atomic mass is 9.95. The van der Waals surface area contributed by atoms with E-state index < -0.39 is 32.9 Å². The first-order valence-corrected chi connectivity index (χ1v) is 13.9. The van der Waals surface area contributed by atoms with Gasteiger partial charge in [0.05, 0.1) is 30.1 Å². The average molecular weight is 528 g/mol. The molecule has 0 bridgehead atoms. The molecule has 1 heterocycles. The fraction of sp³-hybridized carbons (Fsp3) is 0.630. The van der Waals surface area contributed by atoms with Gasteiger partial charge >= 0.3 is 0 Å². The number of rotatable bonds is 8. The molecule has 1 aliphatic heterocycles. The van der Waals surface area contributed by atoms with E-state index in [4.69, 9.17) is 0 Å².